The van der Waals surface area contributed by atoms with Crippen LogP contribution in [-0.4, -0.2) is 10.8 Å². The number of hydrogen-bond acceptors (Lipinski definition) is 3. The van der Waals surface area contributed by atoms with Crippen LogP contribution >= 0.6 is 0 Å². The molecule has 4 aromatic carbocycles. The highest BCUT2D eigenvalue weighted by molar-refractivity contribution is 6.09. The first kappa shape index (κ1) is 20.7. The molecule has 0 atom stereocenters. The van der Waals surface area contributed by atoms with Crippen LogP contribution in [0, 0.1) is 6.92 Å². The minimum absolute atomic E-state index is 0.00424. The van der Waals surface area contributed by atoms with E-state index in [-0.39, 0.29) is 5.78 Å². The number of fused-ring (bicyclic) bond motifs is 1. The second-order valence-corrected chi connectivity index (χ2v) is 8.17. The fraction of sp³-hybridized carbons (Fsp3) is 0.0667. The smallest absolute Gasteiger partial charge is 0.163 e. The second-order valence-electron chi connectivity index (χ2n) is 8.17. The summed E-state index contributed by atoms with van der Waals surface area (Å²) in [6.07, 6.45) is 0. The van der Waals surface area contributed by atoms with Gasteiger partial charge in [-0.3, -0.25) is 9.78 Å². The van der Waals surface area contributed by atoms with Crippen LogP contribution in [0.2, 0.25) is 0 Å². The van der Waals surface area contributed by atoms with Gasteiger partial charge in [-0.2, -0.15) is 0 Å². The van der Waals surface area contributed by atoms with Crippen molar-refractivity contribution in [2.75, 3.05) is 5.32 Å². The minimum atomic E-state index is -0.00424. The Bertz CT molecular complexity index is 1440. The number of benzene rings is 4. The maximum absolute atomic E-state index is 12.6. The maximum Gasteiger partial charge on any atom is 0.163 e. The summed E-state index contributed by atoms with van der Waals surface area (Å²) in [6, 6.07) is 35.0. The van der Waals surface area contributed by atoms with Crippen LogP contribution in [0.25, 0.3) is 33.2 Å². The van der Waals surface area contributed by atoms with Gasteiger partial charge in [0.05, 0.1) is 22.5 Å². The van der Waals surface area contributed by atoms with E-state index in [9.17, 15) is 4.79 Å². The van der Waals surface area contributed by atoms with Crippen LogP contribution < -0.4 is 5.32 Å². The third-order valence-electron chi connectivity index (χ3n) is 5.89. The summed E-state index contributed by atoms with van der Waals surface area (Å²) in [6.45, 7) is 3.49. The van der Waals surface area contributed by atoms with Crippen molar-refractivity contribution in [1.29, 1.82) is 0 Å². The summed E-state index contributed by atoms with van der Waals surface area (Å²) >= 11 is 0. The molecule has 0 aliphatic rings. The van der Waals surface area contributed by atoms with Gasteiger partial charge in [0.2, 0.25) is 0 Å². The second kappa shape index (κ2) is 8.71. The Balaban J connectivity index is 1.62. The third-order valence-corrected chi connectivity index (χ3v) is 5.89. The summed E-state index contributed by atoms with van der Waals surface area (Å²) in [5, 5.41) is 4.46. The molecule has 0 aliphatic heterocycles. The summed E-state index contributed by atoms with van der Waals surface area (Å²) in [7, 11) is 0. The molecule has 33 heavy (non-hydrogen) atoms. The number of nitrogens with one attached hydrogen (secondary N) is 1. The zero-order valence-corrected chi connectivity index (χ0v) is 18.7. The molecule has 3 nitrogen and oxygen atoms in total. The van der Waals surface area contributed by atoms with E-state index in [1.807, 2.05) is 49.4 Å². The van der Waals surface area contributed by atoms with Gasteiger partial charge in [0.25, 0.3) is 0 Å². The molecule has 160 valence electrons. The lowest BCUT2D eigenvalue weighted by molar-refractivity contribution is 0.101. The summed E-state index contributed by atoms with van der Waals surface area (Å²) in [5.74, 6) is -0.00424. The Morgan fingerprint density at radius 3 is 1.85 bits per heavy atom. The van der Waals surface area contributed by atoms with E-state index in [1.165, 1.54) is 5.56 Å². The molecular formula is C30H24N2O. The number of hydrogen-bond donors (Lipinski definition) is 1. The van der Waals surface area contributed by atoms with Gasteiger partial charge in [0.15, 0.2) is 5.78 Å². The standard InChI is InChI=1S/C30H24N2O/c1-20-29(21(2)33)30(32-26-16-13-24(14-17-26)22-9-5-3-6-10-22)27-19-25(15-18-28(27)31-20)23-11-7-4-8-12-23/h3-19H,1-2H3,(H,31,32). The number of ketones is 1. The van der Waals surface area contributed by atoms with E-state index in [4.69, 9.17) is 4.98 Å². The number of pyridine rings is 1. The van der Waals surface area contributed by atoms with Crippen molar-refractivity contribution in [2.45, 2.75) is 13.8 Å². The Kier molecular flexibility index (Phi) is 5.45. The molecule has 0 saturated carbocycles. The van der Waals surface area contributed by atoms with E-state index in [0.717, 1.165) is 44.7 Å². The lowest BCUT2D eigenvalue weighted by Crippen LogP contribution is -2.06. The average Bonchev–Trinajstić information content (AvgIpc) is 2.85. The normalized spacial score (nSPS) is 10.8. The average molecular weight is 429 g/mol. The minimum Gasteiger partial charge on any atom is -0.354 e. The molecule has 0 aliphatic carbocycles. The largest absolute Gasteiger partial charge is 0.354 e. The first-order valence-corrected chi connectivity index (χ1v) is 11.0. The first-order valence-electron chi connectivity index (χ1n) is 11.0. The number of anilines is 2. The van der Waals surface area contributed by atoms with Crippen LogP contribution in [0.3, 0.4) is 0 Å². The highest BCUT2D eigenvalue weighted by Gasteiger charge is 2.17. The number of aromatic nitrogens is 1. The van der Waals surface area contributed by atoms with Gasteiger partial charge in [-0.15, -0.1) is 0 Å². The first-order chi connectivity index (χ1) is 16.1. The molecule has 0 amide bonds. The molecule has 1 aromatic heterocycles. The molecule has 0 spiro atoms. The molecular weight excluding hydrogens is 404 g/mol. The number of nitrogens with zero attached hydrogens (tertiary/aromatic N) is 1. The van der Waals surface area contributed by atoms with Crippen LogP contribution in [0.1, 0.15) is 23.0 Å². The number of Topliss-reactive ketones (excluding diaryl/α,β-unsaturated/α-hetero) is 1. The lowest BCUT2D eigenvalue weighted by Gasteiger charge is -2.17. The SMILES string of the molecule is CC(=O)c1c(C)nc2ccc(-c3ccccc3)cc2c1Nc1ccc(-c2ccccc2)cc1. The molecule has 0 bridgehead atoms. The third kappa shape index (κ3) is 4.13. The molecule has 5 rings (SSSR count). The highest BCUT2D eigenvalue weighted by Crippen LogP contribution is 2.35. The fourth-order valence-corrected chi connectivity index (χ4v) is 4.28. The Hall–Kier alpha value is -4.24. The van der Waals surface area contributed by atoms with E-state index in [1.54, 1.807) is 6.92 Å². The number of carbonyl (C=O) groups excluding carboxylic acids is 1. The van der Waals surface area contributed by atoms with E-state index < -0.39 is 0 Å². The zero-order valence-electron chi connectivity index (χ0n) is 18.7. The number of aryl methyl sites for hydroxylation is 1. The quantitative estimate of drug-likeness (QED) is 0.290. The number of rotatable bonds is 5. The Morgan fingerprint density at radius 1 is 0.697 bits per heavy atom. The summed E-state index contributed by atoms with van der Waals surface area (Å²) < 4.78 is 0. The molecule has 0 saturated heterocycles. The highest BCUT2D eigenvalue weighted by atomic mass is 16.1. The molecule has 0 unspecified atom stereocenters. The number of carbonyl (C=O) groups is 1. The zero-order chi connectivity index (χ0) is 22.8. The maximum atomic E-state index is 12.6. The van der Waals surface area contributed by atoms with Gasteiger partial charge in [-0.25, -0.2) is 0 Å². The van der Waals surface area contributed by atoms with Crippen LogP contribution in [-0.2, 0) is 0 Å². The molecule has 1 N–H and O–H groups in total. The summed E-state index contributed by atoms with van der Waals surface area (Å²) in [5.41, 5.74) is 8.48. The van der Waals surface area contributed by atoms with Gasteiger partial charge >= 0.3 is 0 Å². The van der Waals surface area contributed by atoms with Crippen LogP contribution in [0.5, 0.6) is 0 Å². The van der Waals surface area contributed by atoms with Gasteiger partial charge in [0.1, 0.15) is 0 Å². The van der Waals surface area contributed by atoms with Crippen molar-refractivity contribution in [3.63, 3.8) is 0 Å². The molecule has 1 heterocycles. The van der Waals surface area contributed by atoms with Crippen molar-refractivity contribution >= 4 is 28.1 Å². The van der Waals surface area contributed by atoms with Crippen molar-refractivity contribution in [1.82, 2.24) is 4.98 Å². The van der Waals surface area contributed by atoms with Gasteiger partial charge in [0, 0.05) is 11.1 Å². The van der Waals surface area contributed by atoms with Crippen molar-refractivity contribution < 1.29 is 4.79 Å². The summed E-state index contributed by atoms with van der Waals surface area (Å²) in [4.78, 5) is 17.4. The fourth-order valence-electron chi connectivity index (χ4n) is 4.28. The van der Waals surface area contributed by atoms with Crippen molar-refractivity contribution in [2.24, 2.45) is 0 Å². The van der Waals surface area contributed by atoms with Gasteiger partial charge < -0.3 is 5.32 Å². The predicted molar refractivity (Wildman–Crippen MR) is 137 cm³/mol. The molecule has 3 heteroatoms. The van der Waals surface area contributed by atoms with Gasteiger partial charge in [-0.1, -0.05) is 78.9 Å². The van der Waals surface area contributed by atoms with Crippen LogP contribution in [0.15, 0.2) is 103 Å². The topological polar surface area (TPSA) is 42.0 Å². The Labute approximate surface area is 193 Å². The van der Waals surface area contributed by atoms with Crippen molar-refractivity contribution in [3.05, 3.63) is 114 Å². The van der Waals surface area contributed by atoms with E-state index >= 15 is 0 Å². The molecule has 5 aromatic rings. The predicted octanol–water partition coefficient (Wildman–Crippen LogP) is 7.82. The lowest BCUT2D eigenvalue weighted by atomic mass is 9.98. The van der Waals surface area contributed by atoms with Crippen molar-refractivity contribution in [3.8, 4) is 22.3 Å². The van der Waals surface area contributed by atoms with E-state index in [2.05, 4.69) is 66.0 Å². The van der Waals surface area contributed by atoms with Gasteiger partial charge in [-0.05, 0) is 60.4 Å². The van der Waals surface area contributed by atoms with Crippen LogP contribution in [0.4, 0.5) is 11.4 Å². The molecule has 0 fully saturated rings. The Morgan fingerprint density at radius 2 is 1.24 bits per heavy atom. The monoisotopic (exact) mass is 428 g/mol. The molecule has 0 radical (unpaired) electrons. The van der Waals surface area contributed by atoms with E-state index in [0.29, 0.717) is 5.56 Å².